The van der Waals surface area contributed by atoms with Crippen LogP contribution in [0, 0.1) is 17.2 Å². The fourth-order valence-electron chi connectivity index (χ4n) is 4.70. The Labute approximate surface area is 236 Å². The molecular formula is C25H26Cl2FN3O6S2. The molecule has 0 aromatic heterocycles. The van der Waals surface area contributed by atoms with E-state index in [1.807, 2.05) is 0 Å². The Bertz CT molecular complexity index is 1620. The van der Waals surface area contributed by atoms with Gasteiger partial charge in [-0.2, -0.15) is 0 Å². The molecule has 9 nitrogen and oxygen atoms in total. The molecular weight excluding hydrogens is 592 g/mol. The quantitative estimate of drug-likeness (QED) is 0.380. The molecule has 2 heterocycles. The van der Waals surface area contributed by atoms with E-state index in [9.17, 15) is 30.8 Å². The largest absolute Gasteiger partial charge is 0.327 e. The predicted molar refractivity (Wildman–Crippen MR) is 147 cm³/mol. The minimum Gasteiger partial charge on any atom is -0.327 e. The van der Waals surface area contributed by atoms with Gasteiger partial charge in [0, 0.05) is 12.2 Å². The number of nitrogens with zero attached hydrogens (tertiary/aromatic N) is 2. The number of hydrogen-bond acceptors (Lipinski definition) is 7. The average Bonchev–Trinajstić information content (AvgIpc) is 3.08. The van der Waals surface area contributed by atoms with Crippen LogP contribution in [-0.4, -0.2) is 55.6 Å². The molecule has 2 aliphatic rings. The number of rotatable bonds is 6. The van der Waals surface area contributed by atoms with E-state index in [-0.39, 0.29) is 39.3 Å². The van der Waals surface area contributed by atoms with Crippen LogP contribution < -0.4 is 4.72 Å². The number of nitrogens with one attached hydrogen (secondary N) is 1. The van der Waals surface area contributed by atoms with Crippen molar-refractivity contribution in [3.63, 3.8) is 0 Å². The number of carbonyl (C=O) groups is 2. The zero-order chi connectivity index (χ0) is 29.1. The number of amides is 1. The number of alkyl halides is 1. The van der Waals surface area contributed by atoms with Crippen LogP contribution in [0.2, 0.25) is 5.02 Å². The van der Waals surface area contributed by atoms with E-state index in [2.05, 4.69) is 9.71 Å². The Morgan fingerprint density at radius 3 is 2.38 bits per heavy atom. The number of Topliss-reactive ketones (excluding diaryl/α,β-unsaturated/α-hetero) is 1. The van der Waals surface area contributed by atoms with Gasteiger partial charge in [-0.05, 0) is 48.2 Å². The Morgan fingerprint density at radius 2 is 1.79 bits per heavy atom. The van der Waals surface area contributed by atoms with Gasteiger partial charge in [0.25, 0.3) is 0 Å². The number of sulfonamides is 1. The number of ketones is 1. The van der Waals surface area contributed by atoms with Crippen LogP contribution in [0.15, 0.2) is 46.3 Å². The third-order valence-electron chi connectivity index (χ3n) is 6.52. The molecule has 14 heteroatoms. The molecule has 210 valence electrons. The van der Waals surface area contributed by atoms with Crippen molar-refractivity contribution in [3.8, 4) is 0 Å². The van der Waals surface area contributed by atoms with Gasteiger partial charge in [0.05, 0.1) is 33.1 Å². The number of anilines is 1. The van der Waals surface area contributed by atoms with Crippen molar-refractivity contribution >= 4 is 71.8 Å². The van der Waals surface area contributed by atoms with Gasteiger partial charge >= 0.3 is 0 Å². The van der Waals surface area contributed by atoms with Gasteiger partial charge in [-0.3, -0.25) is 19.3 Å². The van der Waals surface area contributed by atoms with E-state index in [1.165, 1.54) is 36.1 Å². The van der Waals surface area contributed by atoms with Crippen LogP contribution in [0.25, 0.3) is 0 Å². The van der Waals surface area contributed by atoms with E-state index < -0.39 is 59.5 Å². The van der Waals surface area contributed by atoms with Gasteiger partial charge in [-0.25, -0.2) is 21.2 Å². The summed E-state index contributed by atoms with van der Waals surface area (Å²) in [5, 5.41) is -0.143. The highest BCUT2D eigenvalue weighted by Crippen LogP contribution is 2.42. The smallest absolute Gasteiger partial charge is 0.240 e. The molecule has 0 radical (unpaired) electrons. The molecule has 2 unspecified atom stereocenters. The molecule has 2 aliphatic heterocycles. The second-order valence-corrected chi connectivity index (χ2v) is 15.5. The summed E-state index contributed by atoms with van der Waals surface area (Å²) in [4.78, 5) is 32.8. The Morgan fingerprint density at radius 1 is 1.13 bits per heavy atom. The van der Waals surface area contributed by atoms with Gasteiger partial charge < -0.3 is 4.90 Å². The van der Waals surface area contributed by atoms with E-state index in [4.69, 9.17) is 23.2 Å². The molecule has 0 bridgehead atoms. The highest BCUT2D eigenvalue weighted by molar-refractivity contribution is 7.94. The molecule has 1 amide bonds. The molecule has 39 heavy (non-hydrogen) atoms. The first-order valence-electron chi connectivity index (χ1n) is 11.9. The van der Waals surface area contributed by atoms with Crippen molar-refractivity contribution in [1.82, 2.24) is 4.90 Å². The first kappa shape index (κ1) is 29.4. The highest BCUT2D eigenvalue weighted by Gasteiger charge is 2.56. The molecule has 0 saturated carbocycles. The van der Waals surface area contributed by atoms with Crippen molar-refractivity contribution in [2.75, 3.05) is 10.5 Å². The van der Waals surface area contributed by atoms with E-state index in [0.29, 0.717) is 5.56 Å². The number of carbonyl (C=O) groups excluding carboxylic acids is 2. The van der Waals surface area contributed by atoms with E-state index in [1.54, 1.807) is 20.8 Å². The van der Waals surface area contributed by atoms with Crippen LogP contribution in [-0.2, 0) is 36.0 Å². The second-order valence-electron chi connectivity index (χ2n) is 10.4. The minimum absolute atomic E-state index is 0.00615. The van der Waals surface area contributed by atoms with Crippen molar-refractivity contribution in [2.24, 2.45) is 16.3 Å². The van der Waals surface area contributed by atoms with Gasteiger partial charge in [-0.15, -0.1) is 0 Å². The molecule has 1 saturated heterocycles. The van der Waals surface area contributed by atoms with Gasteiger partial charge in [0.15, 0.2) is 10.5 Å². The van der Waals surface area contributed by atoms with Crippen molar-refractivity contribution in [2.45, 2.75) is 49.9 Å². The van der Waals surface area contributed by atoms with Gasteiger partial charge in [0.1, 0.15) is 11.7 Å². The Kier molecular flexibility index (Phi) is 7.65. The first-order chi connectivity index (χ1) is 18.0. The zero-order valence-electron chi connectivity index (χ0n) is 21.4. The van der Waals surface area contributed by atoms with Crippen LogP contribution in [0.4, 0.5) is 15.8 Å². The lowest BCUT2D eigenvalue weighted by Gasteiger charge is -2.33. The monoisotopic (exact) mass is 617 g/mol. The minimum atomic E-state index is -4.36. The number of likely N-dealkylation sites (tertiary alicyclic amines) is 1. The number of hydrogen-bond donors (Lipinski definition) is 1. The lowest BCUT2D eigenvalue weighted by molar-refractivity contribution is -0.132. The summed E-state index contributed by atoms with van der Waals surface area (Å²) in [5.74, 6) is -3.66. The van der Waals surface area contributed by atoms with Crippen molar-refractivity contribution < 1.29 is 30.8 Å². The maximum atomic E-state index is 13.7. The second kappa shape index (κ2) is 10.1. The molecule has 2 aromatic carbocycles. The molecule has 1 N–H and O–H groups in total. The molecule has 3 atom stereocenters. The fraction of sp³-hybridized carbons (Fsp3) is 0.400. The normalized spacial score (nSPS) is 23.0. The molecule has 0 aliphatic carbocycles. The molecule has 4 rings (SSSR count). The lowest BCUT2D eigenvalue weighted by Crippen LogP contribution is -2.44. The zero-order valence-corrected chi connectivity index (χ0v) is 24.5. The number of halogens is 3. The number of aliphatic imine (C=N–C) groups is 1. The predicted octanol–water partition coefficient (Wildman–Crippen LogP) is 4.31. The lowest BCUT2D eigenvalue weighted by atomic mass is 9.82. The fourth-order valence-corrected chi connectivity index (χ4v) is 7.42. The summed E-state index contributed by atoms with van der Waals surface area (Å²) in [7, 11) is -8.04. The Hall–Kier alpha value is -2.54. The standard InChI is InChI=1S/C25H26Cl2FN3O6S2/c1-5-38(34,35)30-14-7-9-17-18(11-14)39(36,37)23(27)20(29-17)19-21(32)22(25(2,3)4)31(24(19)33)12-13-6-8-16(28)15(26)10-13/h6-11,19,22-23,30H,5,12H2,1-4H3/t19?,22-,23?/m1/s1. The third kappa shape index (κ3) is 5.44. The van der Waals surface area contributed by atoms with Crippen molar-refractivity contribution in [1.29, 1.82) is 0 Å². The summed E-state index contributed by atoms with van der Waals surface area (Å²) in [5.41, 5.74) is -0.658. The molecule has 1 fully saturated rings. The maximum Gasteiger partial charge on any atom is 0.240 e. The van der Waals surface area contributed by atoms with Crippen LogP contribution in [0.3, 0.4) is 0 Å². The highest BCUT2D eigenvalue weighted by atomic mass is 35.5. The topological polar surface area (TPSA) is 130 Å². The first-order valence-corrected chi connectivity index (χ1v) is 15.9. The third-order valence-corrected chi connectivity index (χ3v) is 10.8. The number of fused-ring (bicyclic) bond motifs is 1. The summed E-state index contributed by atoms with van der Waals surface area (Å²) in [6.45, 7) is 6.65. The van der Waals surface area contributed by atoms with Gasteiger partial charge in [0.2, 0.25) is 25.8 Å². The van der Waals surface area contributed by atoms with Crippen LogP contribution >= 0.6 is 23.2 Å². The maximum absolute atomic E-state index is 13.7. The van der Waals surface area contributed by atoms with E-state index >= 15 is 0 Å². The van der Waals surface area contributed by atoms with Crippen LogP contribution in [0.1, 0.15) is 33.3 Å². The van der Waals surface area contributed by atoms with Crippen LogP contribution in [0.5, 0.6) is 0 Å². The molecule has 0 spiro atoms. The molecule has 2 aromatic rings. The van der Waals surface area contributed by atoms with Crippen molar-refractivity contribution in [3.05, 3.63) is 52.8 Å². The van der Waals surface area contributed by atoms with Gasteiger partial charge in [-0.1, -0.05) is 50.0 Å². The summed E-state index contributed by atoms with van der Waals surface area (Å²) in [6, 6.07) is 6.72. The summed E-state index contributed by atoms with van der Waals surface area (Å²) in [6.07, 6.45) is 0. The summed E-state index contributed by atoms with van der Waals surface area (Å²) >= 11 is 12.3. The van der Waals surface area contributed by atoms with E-state index in [0.717, 1.165) is 12.1 Å². The SMILES string of the molecule is CCS(=O)(=O)Nc1ccc2c(c1)S(=O)(=O)C(Cl)C(C1C(=O)[C@H](C(C)(C)C)N(Cc3ccc(F)c(Cl)c3)C1=O)=N2. The Balaban J connectivity index is 1.78. The number of benzene rings is 2. The number of sulfone groups is 1. The average molecular weight is 619 g/mol. The summed E-state index contributed by atoms with van der Waals surface area (Å²) < 4.78 is 64.9.